The molecule has 34 heavy (non-hydrogen) atoms. The molecule has 0 amide bonds. The molecule has 1 nitrogen and oxygen atoms in total. The predicted octanol–water partition coefficient (Wildman–Crippen LogP) is 9.48. The number of allylic oxidation sites excluding steroid dienone is 4. The van der Waals surface area contributed by atoms with Gasteiger partial charge in [-0.05, 0) is 70.6 Å². The lowest BCUT2D eigenvalue weighted by molar-refractivity contribution is 0.648. The van der Waals surface area contributed by atoms with Crippen LogP contribution in [-0.4, -0.2) is 4.57 Å². The molecular weight excluding hydrogens is 434 g/mol. The average molecular weight is 458 g/mol. The van der Waals surface area contributed by atoms with Crippen LogP contribution in [0.5, 0.6) is 0 Å². The lowest BCUT2D eigenvalue weighted by Gasteiger charge is -2.18. The molecule has 1 heterocycles. The number of fused-ring (bicyclic) bond motifs is 3. The number of nitrogens with zero attached hydrogens (tertiary/aromatic N) is 1. The maximum absolute atomic E-state index is 6.14. The molecule has 6 rings (SSSR count). The summed E-state index contributed by atoms with van der Waals surface area (Å²) < 4.78 is 2.49. The van der Waals surface area contributed by atoms with E-state index in [1.165, 1.54) is 44.1 Å². The van der Waals surface area contributed by atoms with Crippen LogP contribution in [0.1, 0.15) is 18.0 Å². The number of benzene rings is 4. The normalized spacial score (nSPS) is 15.3. The fraction of sp³-hybridized carbons (Fsp3) is 0.0625. The largest absolute Gasteiger partial charge is 0.333 e. The molecule has 0 fully saturated rings. The molecule has 0 saturated carbocycles. The van der Waals surface area contributed by atoms with E-state index >= 15 is 0 Å². The molecular formula is C32H24ClN. The fourth-order valence-corrected chi connectivity index (χ4v) is 5.11. The third kappa shape index (κ3) is 3.59. The van der Waals surface area contributed by atoms with E-state index in [4.69, 9.17) is 11.6 Å². The Bertz CT molecular complexity index is 1580. The van der Waals surface area contributed by atoms with Crippen LogP contribution in [0.3, 0.4) is 0 Å². The smallest absolute Gasteiger partial charge is 0.0560 e. The van der Waals surface area contributed by atoms with Crippen LogP contribution in [0.15, 0.2) is 116 Å². The molecule has 1 unspecified atom stereocenters. The Hall–Kier alpha value is -3.81. The van der Waals surface area contributed by atoms with Gasteiger partial charge in [-0.15, -0.1) is 0 Å². The predicted molar refractivity (Wildman–Crippen MR) is 147 cm³/mol. The second-order valence-corrected chi connectivity index (χ2v) is 9.22. The van der Waals surface area contributed by atoms with Gasteiger partial charge in [0, 0.05) is 26.8 Å². The van der Waals surface area contributed by atoms with Crippen molar-refractivity contribution in [3.63, 3.8) is 0 Å². The molecule has 5 aromatic rings. The van der Waals surface area contributed by atoms with E-state index < -0.39 is 0 Å². The minimum atomic E-state index is 0.309. The maximum Gasteiger partial charge on any atom is 0.0560 e. The van der Waals surface area contributed by atoms with E-state index in [1.54, 1.807) is 0 Å². The molecule has 0 aliphatic heterocycles. The fourth-order valence-electron chi connectivity index (χ4n) is 4.98. The third-order valence-electron chi connectivity index (χ3n) is 6.75. The van der Waals surface area contributed by atoms with Crippen molar-refractivity contribution in [2.45, 2.75) is 12.5 Å². The summed E-state index contributed by atoms with van der Waals surface area (Å²) in [5, 5.41) is 3.31. The number of rotatable bonds is 4. The first-order chi connectivity index (χ1) is 16.7. The van der Waals surface area contributed by atoms with Crippen molar-refractivity contribution < 1.29 is 0 Å². The summed E-state index contributed by atoms with van der Waals surface area (Å²) in [4.78, 5) is 0. The van der Waals surface area contributed by atoms with Crippen molar-refractivity contribution >= 4 is 39.5 Å². The zero-order valence-electron chi connectivity index (χ0n) is 18.8. The van der Waals surface area contributed by atoms with E-state index in [9.17, 15) is 0 Å². The van der Waals surface area contributed by atoms with Gasteiger partial charge in [-0.3, -0.25) is 0 Å². The molecule has 1 atom stereocenters. The number of halogens is 1. The Morgan fingerprint density at radius 3 is 1.79 bits per heavy atom. The topological polar surface area (TPSA) is 4.93 Å². The Morgan fingerprint density at radius 2 is 1.26 bits per heavy atom. The van der Waals surface area contributed by atoms with Crippen molar-refractivity contribution in [2.24, 2.45) is 0 Å². The highest BCUT2D eigenvalue weighted by atomic mass is 35.5. The molecule has 1 aliphatic carbocycles. The summed E-state index contributed by atoms with van der Waals surface area (Å²) in [5.41, 5.74) is 8.45. The summed E-state index contributed by atoms with van der Waals surface area (Å²) in [6.07, 6.45) is 11.7. The standard InChI is InChI=1S/C32H24ClN/c1-2-22-8-10-23(11-9-22)25-14-18-31-29(20-25)30-21-26(24-12-16-27(33)17-13-24)15-19-32(30)34(31)28-6-4-3-5-7-28/h2-6,8-21,28H,1,7H2. The average Bonchev–Trinajstić information content (AvgIpc) is 3.22. The first-order valence-electron chi connectivity index (χ1n) is 11.6. The van der Waals surface area contributed by atoms with Gasteiger partial charge in [-0.1, -0.05) is 97.1 Å². The van der Waals surface area contributed by atoms with E-state index in [2.05, 4.69) is 108 Å². The highest BCUT2D eigenvalue weighted by Gasteiger charge is 2.18. The van der Waals surface area contributed by atoms with Crippen molar-refractivity contribution in [1.29, 1.82) is 0 Å². The molecule has 1 aliphatic rings. The molecule has 2 heteroatoms. The Labute approximate surface area is 204 Å². The second-order valence-electron chi connectivity index (χ2n) is 8.78. The van der Waals surface area contributed by atoms with E-state index in [1.807, 2.05) is 18.2 Å². The SMILES string of the molecule is C=Cc1ccc(-c2ccc3c(c2)c2cc(-c4ccc(Cl)cc4)ccc2n3C2C=CC=CC2)cc1. The summed E-state index contributed by atoms with van der Waals surface area (Å²) in [6, 6.07) is 30.6. The maximum atomic E-state index is 6.14. The van der Waals surface area contributed by atoms with Crippen LogP contribution in [-0.2, 0) is 0 Å². The summed E-state index contributed by atoms with van der Waals surface area (Å²) in [7, 11) is 0. The minimum Gasteiger partial charge on any atom is -0.333 e. The van der Waals surface area contributed by atoms with E-state index in [-0.39, 0.29) is 0 Å². The van der Waals surface area contributed by atoms with Gasteiger partial charge in [0.1, 0.15) is 0 Å². The second kappa shape index (κ2) is 8.52. The number of hydrogen-bond acceptors (Lipinski definition) is 0. The van der Waals surface area contributed by atoms with Gasteiger partial charge in [0.15, 0.2) is 0 Å². The zero-order valence-corrected chi connectivity index (χ0v) is 19.5. The number of aromatic nitrogens is 1. The van der Waals surface area contributed by atoms with Gasteiger partial charge in [0.25, 0.3) is 0 Å². The van der Waals surface area contributed by atoms with Crippen molar-refractivity contribution in [1.82, 2.24) is 4.57 Å². The first-order valence-corrected chi connectivity index (χ1v) is 12.0. The molecule has 164 valence electrons. The zero-order chi connectivity index (χ0) is 23.1. The van der Waals surface area contributed by atoms with Gasteiger partial charge in [0.2, 0.25) is 0 Å². The lowest BCUT2D eigenvalue weighted by Crippen LogP contribution is -2.06. The first kappa shape index (κ1) is 20.8. The van der Waals surface area contributed by atoms with Crippen molar-refractivity contribution in [2.75, 3.05) is 0 Å². The van der Waals surface area contributed by atoms with Crippen LogP contribution in [0.25, 0.3) is 50.1 Å². The molecule has 0 N–H and O–H groups in total. The van der Waals surface area contributed by atoms with Gasteiger partial charge in [0.05, 0.1) is 6.04 Å². The molecule has 0 radical (unpaired) electrons. The lowest BCUT2D eigenvalue weighted by atomic mass is 10.00. The van der Waals surface area contributed by atoms with Crippen molar-refractivity contribution in [3.05, 3.63) is 126 Å². The molecule has 4 aromatic carbocycles. The Morgan fingerprint density at radius 1 is 0.706 bits per heavy atom. The Kier molecular flexibility index (Phi) is 5.20. The van der Waals surface area contributed by atoms with E-state index in [0.29, 0.717) is 6.04 Å². The Balaban J connectivity index is 1.58. The van der Waals surface area contributed by atoms with Crippen LogP contribution in [0, 0.1) is 0 Å². The van der Waals surface area contributed by atoms with Crippen LogP contribution >= 0.6 is 11.6 Å². The molecule has 0 spiro atoms. The van der Waals surface area contributed by atoms with Gasteiger partial charge < -0.3 is 4.57 Å². The molecule has 0 bridgehead atoms. The third-order valence-corrected chi connectivity index (χ3v) is 7.00. The highest BCUT2D eigenvalue weighted by molar-refractivity contribution is 6.30. The van der Waals surface area contributed by atoms with Crippen molar-refractivity contribution in [3.8, 4) is 22.3 Å². The minimum absolute atomic E-state index is 0.309. The van der Waals surface area contributed by atoms with Crippen LogP contribution in [0.4, 0.5) is 0 Å². The highest BCUT2D eigenvalue weighted by Crippen LogP contribution is 2.38. The van der Waals surface area contributed by atoms with E-state index in [0.717, 1.165) is 17.0 Å². The van der Waals surface area contributed by atoms with Crippen LogP contribution in [0.2, 0.25) is 5.02 Å². The quantitative estimate of drug-likeness (QED) is 0.253. The number of hydrogen-bond donors (Lipinski definition) is 0. The summed E-state index contributed by atoms with van der Waals surface area (Å²) >= 11 is 6.14. The van der Waals surface area contributed by atoms with Crippen LogP contribution < -0.4 is 0 Å². The monoisotopic (exact) mass is 457 g/mol. The molecule has 0 saturated heterocycles. The van der Waals surface area contributed by atoms with Gasteiger partial charge in [-0.25, -0.2) is 0 Å². The summed E-state index contributed by atoms with van der Waals surface area (Å²) in [5.74, 6) is 0. The van der Waals surface area contributed by atoms with Gasteiger partial charge in [-0.2, -0.15) is 0 Å². The van der Waals surface area contributed by atoms with Gasteiger partial charge >= 0.3 is 0 Å². The summed E-state index contributed by atoms with van der Waals surface area (Å²) in [6.45, 7) is 3.87. The molecule has 1 aromatic heterocycles.